The van der Waals surface area contributed by atoms with Crippen molar-refractivity contribution < 1.29 is 61.3 Å². The first-order valence-corrected chi connectivity index (χ1v) is 14.7. The monoisotopic (exact) mass is 760 g/mol. The predicted octanol–water partition coefficient (Wildman–Crippen LogP) is 4.53. The van der Waals surface area contributed by atoms with E-state index in [9.17, 15) is 41.9 Å². The van der Waals surface area contributed by atoms with Crippen molar-refractivity contribution in [3.8, 4) is 0 Å². The minimum absolute atomic E-state index is 0.107. The van der Waals surface area contributed by atoms with Crippen molar-refractivity contribution in [3.63, 3.8) is 0 Å². The lowest BCUT2D eigenvalue weighted by molar-refractivity contribution is -0.192. The number of ketones is 3. The third-order valence-electron chi connectivity index (χ3n) is 4.77. The number of aliphatic carboxylic acids is 1. The molecule has 0 bridgehead atoms. The highest BCUT2D eigenvalue weighted by Crippen LogP contribution is 2.30. The molecule has 1 amide bonds. The molecule has 0 atom stereocenters. The number of aromatic nitrogens is 2. The number of halogens is 6. The number of nitrogens with one attached hydrogen (secondary N) is 3. The predicted molar refractivity (Wildman–Crippen MR) is 173 cm³/mol. The molecule has 0 saturated carbocycles. The Labute approximate surface area is 293 Å². The van der Waals surface area contributed by atoms with Crippen LogP contribution in [0.4, 0.5) is 13.2 Å². The summed E-state index contributed by atoms with van der Waals surface area (Å²) in [5.74, 6) is -4.84. The topological polar surface area (TPSA) is 228 Å². The molecule has 0 spiro atoms. The quantitative estimate of drug-likeness (QED) is 0.0925. The maximum Gasteiger partial charge on any atom is 0.490 e. The molecule has 0 aliphatic rings. The summed E-state index contributed by atoms with van der Waals surface area (Å²) < 4.78 is 39.0. The van der Waals surface area contributed by atoms with E-state index < -0.39 is 27.7 Å². The van der Waals surface area contributed by atoms with Gasteiger partial charge in [-0.05, 0) is 39.8 Å². The average Bonchev–Trinajstić information content (AvgIpc) is 3.69. The van der Waals surface area contributed by atoms with E-state index >= 15 is 0 Å². The molecular formula is C29H34Cl3F3N4O10. The van der Waals surface area contributed by atoms with Crippen LogP contribution in [-0.2, 0) is 23.9 Å². The van der Waals surface area contributed by atoms with E-state index in [2.05, 4.69) is 24.8 Å². The second-order valence-corrected chi connectivity index (χ2v) is 10.9. The Balaban J connectivity index is 0. The number of nitrogens with two attached hydrogens (primary N) is 1. The molecule has 2 aromatic heterocycles. The highest BCUT2D eigenvalue weighted by atomic mass is 35.6. The lowest BCUT2D eigenvalue weighted by Gasteiger charge is -2.06. The van der Waals surface area contributed by atoms with E-state index in [1.807, 2.05) is 0 Å². The van der Waals surface area contributed by atoms with Gasteiger partial charge in [-0.15, -0.1) is 0 Å². The van der Waals surface area contributed by atoms with Crippen molar-refractivity contribution in [2.24, 2.45) is 5.73 Å². The number of carbonyl (C=O) groups is 7. The van der Waals surface area contributed by atoms with Crippen molar-refractivity contribution in [2.75, 3.05) is 26.3 Å². The van der Waals surface area contributed by atoms with Crippen molar-refractivity contribution in [1.82, 2.24) is 15.3 Å². The molecule has 0 aliphatic heterocycles. The van der Waals surface area contributed by atoms with Crippen LogP contribution in [0.15, 0.2) is 48.8 Å². The van der Waals surface area contributed by atoms with E-state index in [1.165, 1.54) is 56.6 Å². The Morgan fingerprint density at radius 2 is 1.24 bits per heavy atom. The summed E-state index contributed by atoms with van der Waals surface area (Å²) in [5, 5.41) is 9.70. The lowest BCUT2D eigenvalue weighted by Crippen LogP contribution is -2.23. The Morgan fingerprint density at radius 3 is 1.59 bits per heavy atom. The number of hydrogen-bond acceptors (Lipinski definition) is 10. The molecule has 0 radical (unpaired) electrons. The number of aromatic amines is 2. The number of esters is 2. The zero-order valence-corrected chi connectivity index (χ0v) is 28.7. The molecule has 2 heterocycles. The third-order valence-corrected chi connectivity index (χ3v) is 5.28. The summed E-state index contributed by atoms with van der Waals surface area (Å²) in [4.78, 5) is 80.6. The molecule has 0 unspecified atom stereocenters. The van der Waals surface area contributed by atoms with Gasteiger partial charge in [0.1, 0.15) is 5.69 Å². The summed E-state index contributed by atoms with van der Waals surface area (Å²) in [7, 11) is 0. The van der Waals surface area contributed by atoms with Crippen LogP contribution in [0.25, 0.3) is 0 Å². The Bertz CT molecular complexity index is 1480. The minimum Gasteiger partial charge on any atom is -0.475 e. The Hall–Kier alpha value is -4.45. The summed E-state index contributed by atoms with van der Waals surface area (Å²) in [6.07, 6.45) is 3.41. The highest BCUT2D eigenvalue weighted by molar-refractivity contribution is 6.77. The number of H-pyrrole nitrogens is 2. The Morgan fingerprint density at radius 1 is 0.837 bits per heavy atom. The number of carbonyl (C=O) groups excluding carboxylic acids is 6. The summed E-state index contributed by atoms with van der Waals surface area (Å²) >= 11 is 16.2. The van der Waals surface area contributed by atoms with Crippen molar-refractivity contribution in [3.05, 3.63) is 71.3 Å². The van der Waals surface area contributed by atoms with Gasteiger partial charge in [-0.1, -0.05) is 47.0 Å². The highest BCUT2D eigenvalue weighted by Gasteiger charge is 2.38. The maximum absolute atomic E-state index is 11.6. The van der Waals surface area contributed by atoms with Crippen molar-refractivity contribution in [1.29, 1.82) is 0 Å². The van der Waals surface area contributed by atoms with E-state index in [1.54, 1.807) is 19.9 Å². The van der Waals surface area contributed by atoms with Gasteiger partial charge < -0.3 is 35.6 Å². The fourth-order valence-corrected chi connectivity index (χ4v) is 2.86. The zero-order chi connectivity index (χ0) is 38.4. The van der Waals surface area contributed by atoms with E-state index in [4.69, 9.17) is 50.4 Å². The van der Waals surface area contributed by atoms with Crippen LogP contribution in [0, 0.1) is 0 Å². The molecule has 20 heteroatoms. The first-order valence-electron chi connectivity index (χ1n) is 13.6. The van der Waals surface area contributed by atoms with Crippen LogP contribution in [0.1, 0.15) is 69.4 Å². The van der Waals surface area contributed by atoms with Crippen molar-refractivity contribution >= 4 is 76.0 Å². The van der Waals surface area contributed by atoms with Gasteiger partial charge in [0.2, 0.25) is 5.78 Å². The van der Waals surface area contributed by atoms with Gasteiger partial charge in [0, 0.05) is 48.8 Å². The van der Waals surface area contributed by atoms with E-state index in [0.717, 1.165) is 0 Å². The van der Waals surface area contributed by atoms with Gasteiger partial charge >= 0.3 is 24.1 Å². The molecular weight excluding hydrogens is 728 g/mol. The largest absolute Gasteiger partial charge is 0.490 e. The van der Waals surface area contributed by atoms with Crippen LogP contribution in [0.3, 0.4) is 0 Å². The van der Waals surface area contributed by atoms with Crippen LogP contribution >= 0.6 is 34.8 Å². The van der Waals surface area contributed by atoms with Gasteiger partial charge in [-0.25, -0.2) is 14.4 Å². The molecule has 0 fully saturated rings. The molecule has 2 rings (SSSR count). The van der Waals surface area contributed by atoms with Gasteiger partial charge in [0.15, 0.2) is 11.6 Å². The molecule has 272 valence electrons. The first-order chi connectivity index (χ1) is 22.6. The number of alkyl halides is 6. The number of carboxylic acid groups (broad SMARTS) is 1. The second kappa shape index (κ2) is 23.8. The standard InChI is InChI=1S/C13H16N2O4.C8H6Cl3NO2.C6H11NO2.C2HF3O2/c1-3-19-12(17)5-4-6-14-13(18)11-7-10(8-15-11)9(2)16;1-4(13)5-2-6(12-3-5)7(14)8(9,10)11;1-2-9-6(8)4-3-5-7;3-2(4,5)1(6)7/h4-5,7-8,15H,3,6H2,1-2H3,(H,14,18);2-3,12H,1H3;3-4H,2,5,7H2,1H3;(H,6,7)/b5-4+;;4-3+;. The van der Waals surface area contributed by atoms with Crippen LogP contribution in [0.2, 0.25) is 0 Å². The summed E-state index contributed by atoms with van der Waals surface area (Å²) in [5.41, 5.74) is 6.31. The molecule has 14 nitrogen and oxygen atoms in total. The summed E-state index contributed by atoms with van der Waals surface area (Å²) in [6.45, 7) is 7.57. The van der Waals surface area contributed by atoms with Crippen molar-refractivity contribution in [2.45, 2.75) is 37.7 Å². The maximum atomic E-state index is 11.6. The van der Waals surface area contributed by atoms with E-state index in [0.29, 0.717) is 36.6 Å². The number of carboxylic acids is 1. The minimum atomic E-state index is -5.08. The third kappa shape index (κ3) is 21.9. The molecule has 2 aromatic rings. The fraction of sp³-hybridized carbons (Fsp3) is 0.345. The Kier molecular flexibility index (Phi) is 22.7. The van der Waals surface area contributed by atoms with Gasteiger partial charge in [0.05, 0.1) is 18.9 Å². The SMILES string of the molecule is CC(=O)c1c[nH]c(C(=O)C(Cl)(Cl)Cl)c1.CCOC(=O)/C=C/CN.CCOC(=O)/C=C/CNC(=O)c1cc(C(C)=O)c[nH]1.O=C(O)C(F)(F)F. The van der Waals surface area contributed by atoms with Gasteiger partial charge in [0.25, 0.3) is 9.70 Å². The number of ether oxygens (including phenoxy) is 2. The number of amides is 1. The number of hydrogen-bond donors (Lipinski definition) is 5. The molecule has 49 heavy (non-hydrogen) atoms. The normalized spacial score (nSPS) is 10.8. The van der Waals surface area contributed by atoms with E-state index in [-0.39, 0.29) is 35.7 Å². The molecule has 0 saturated heterocycles. The zero-order valence-electron chi connectivity index (χ0n) is 26.4. The van der Waals surface area contributed by atoms with Crippen LogP contribution in [-0.4, -0.2) is 92.5 Å². The second-order valence-electron chi connectivity index (χ2n) is 8.60. The number of Topliss-reactive ketones (excluding diaryl/α,β-unsaturated/α-hetero) is 3. The van der Waals surface area contributed by atoms with Crippen LogP contribution in [0.5, 0.6) is 0 Å². The molecule has 0 aliphatic carbocycles. The van der Waals surface area contributed by atoms with Gasteiger partial charge in [-0.2, -0.15) is 13.2 Å². The lowest BCUT2D eigenvalue weighted by atomic mass is 10.2. The van der Waals surface area contributed by atoms with Gasteiger partial charge in [-0.3, -0.25) is 19.2 Å². The summed E-state index contributed by atoms with van der Waals surface area (Å²) in [6, 6.07) is 2.83. The average molecular weight is 762 g/mol. The molecule has 0 aromatic carbocycles. The smallest absolute Gasteiger partial charge is 0.475 e. The number of rotatable bonds is 11. The first kappa shape index (κ1) is 46.7. The molecule has 6 N–H and O–H groups in total. The van der Waals surface area contributed by atoms with Crippen LogP contribution < -0.4 is 11.1 Å². The fourth-order valence-electron chi connectivity index (χ4n) is 2.56.